The summed E-state index contributed by atoms with van der Waals surface area (Å²) in [6.07, 6.45) is 12.3. The van der Waals surface area contributed by atoms with Crippen molar-refractivity contribution >= 4 is 115 Å². The lowest BCUT2D eigenvalue weighted by molar-refractivity contribution is -0.142. The number of hydrogen-bond donors (Lipinski definition) is 16. The minimum atomic E-state index is -4.56. The van der Waals surface area contributed by atoms with E-state index in [4.69, 9.17) is 0 Å². The maximum Gasteiger partial charge on any atom is 0.328 e. The fourth-order valence-corrected chi connectivity index (χ4v) is 10.1. The first-order valence-electron chi connectivity index (χ1n) is 30.1. The van der Waals surface area contributed by atoms with Gasteiger partial charge >= 0.3 is 11.9 Å². The van der Waals surface area contributed by atoms with Crippen LogP contribution in [-0.2, 0) is 56.8 Å². The van der Waals surface area contributed by atoms with E-state index in [1.54, 1.807) is 70.8 Å². The molecule has 97 heavy (non-hydrogen) atoms. The quantitative estimate of drug-likeness (QED) is 0.0105. The van der Waals surface area contributed by atoms with Gasteiger partial charge in [0.25, 0.3) is 27.8 Å². The zero-order valence-electron chi connectivity index (χ0n) is 51.8. The molecule has 3 aromatic carbocycles. The van der Waals surface area contributed by atoms with Gasteiger partial charge in [-0.15, -0.1) is 0 Å². The van der Waals surface area contributed by atoms with Crippen LogP contribution in [0.2, 0.25) is 0 Å². The van der Waals surface area contributed by atoms with E-state index in [-0.39, 0.29) is 34.5 Å². The van der Waals surface area contributed by atoms with Crippen LogP contribution in [0.5, 0.6) is 0 Å². The molecule has 0 aliphatic rings. The first-order chi connectivity index (χ1) is 46.6. The van der Waals surface area contributed by atoms with Crippen molar-refractivity contribution in [3.63, 3.8) is 0 Å². The Morgan fingerprint density at radius 1 is 0.588 bits per heavy atom. The van der Waals surface area contributed by atoms with Crippen LogP contribution in [0, 0.1) is 0 Å². The number of hydrazone groups is 1. The number of hydrogen-bond acceptors (Lipinski definition) is 21. The number of carboxylic acids is 2. The number of fused-ring (bicyclic) bond motifs is 2. The maximum atomic E-state index is 13.9. The van der Waals surface area contributed by atoms with Gasteiger partial charge < -0.3 is 73.3 Å². The maximum absolute atomic E-state index is 13.9. The number of pyridine rings is 1. The number of rotatable bonds is 37. The summed E-state index contributed by atoms with van der Waals surface area (Å²) in [5, 5.41) is 59.2. The number of nitrogens with zero attached hydrogens (tertiary/aromatic N) is 8. The van der Waals surface area contributed by atoms with Crippen LogP contribution in [0.25, 0.3) is 21.8 Å². The van der Waals surface area contributed by atoms with Crippen LogP contribution in [0.15, 0.2) is 126 Å². The molecule has 0 bridgehead atoms. The van der Waals surface area contributed by atoms with E-state index in [9.17, 15) is 71.1 Å². The van der Waals surface area contributed by atoms with E-state index < -0.39 is 137 Å². The number of aliphatic carboxylic acids is 2. The predicted molar refractivity (Wildman–Crippen MR) is 347 cm³/mol. The normalized spacial score (nSPS) is 12.5. The summed E-state index contributed by atoms with van der Waals surface area (Å²) in [5.74, 6) is -8.76. The van der Waals surface area contributed by atoms with E-state index >= 15 is 0 Å². The van der Waals surface area contributed by atoms with Crippen LogP contribution < -0.4 is 58.6 Å². The molecule has 510 valence electrons. The second kappa shape index (κ2) is 34.1. The van der Waals surface area contributed by atoms with Crippen molar-refractivity contribution in [3.05, 3.63) is 138 Å². The van der Waals surface area contributed by atoms with Gasteiger partial charge in [-0.05, 0) is 80.3 Å². The summed E-state index contributed by atoms with van der Waals surface area (Å²) in [5.41, 5.74) is 4.41. The van der Waals surface area contributed by atoms with Crippen molar-refractivity contribution in [2.24, 2.45) is 5.10 Å². The van der Waals surface area contributed by atoms with Gasteiger partial charge in [-0.1, -0.05) is 25.1 Å². The standard InChI is InChI=1S/C60H69N21O15S/c1-2-41(77-54(87)38-11-15-48(67-27-38)79-72-28-37-7-3-4-8-47(37)97(94,95)96)56(89)78-42(55(88)71-34-51(84)76-44(58(92)93)32-70-53(86)36-10-14-46-40(26-36)30-74-81(46)24-6-18-62-60-65-21-22-66-60)12-16-49(82)68-33-50(83)75-43(57(90)91)31-69-52(85)35-9-13-45-39(25-35)29-73-80(45)23-5-17-61-59-63-19-20-64-59/h3-4,7-11,13-15,19-22,25-30,41-44H,2,5-6,12,16-18,23-24,31-34H2,1H3,(H,67,79)(H,68,82)(H,69,85)(H,70,86)(H,71,88)(H,75,83)(H,76,84)(H,77,87)(H,78,89)(H,90,91)(H,92,93)(H2,61,63,64)(H2,62,65,66)(H,94,95,96)/b72-28+/t41?,42?,43-,44-/m0/s1. The first-order valence-corrected chi connectivity index (χ1v) is 31.5. The minimum absolute atomic E-state index is 0.0507. The number of amides is 8. The second-order valence-electron chi connectivity index (χ2n) is 21.4. The molecule has 36 nitrogen and oxygen atoms in total. The fourth-order valence-electron chi connectivity index (χ4n) is 9.45. The largest absolute Gasteiger partial charge is 0.480 e. The Kier molecular flexibility index (Phi) is 24.9. The topological polar surface area (TPSA) is 516 Å². The van der Waals surface area contributed by atoms with Crippen LogP contribution >= 0.6 is 0 Å². The molecule has 0 saturated carbocycles. The number of H-pyrrole nitrogens is 2. The molecule has 8 amide bonds. The molecule has 16 N–H and O–H groups in total. The number of aryl methyl sites for hydroxylation is 2. The van der Waals surface area contributed by atoms with Crippen LogP contribution in [-0.4, -0.2) is 197 Å². The predicted octanol–water partition coefficient (Wildman–Crippen LogP) is -0.0711. The molecule has 8 aromatic rings. The lowest BCUT2D eigenvalue weighted by Crippen LogP contribution is -2.55. The summed E-state index contributed by atoms with van der Waals surface area (Å²) in [6, 6.07) is 11.4. The van der Waals surface area contributed by atoms with Gasteiger partial charge in [-0.3, -0.25) is 57.7 Å². The van der Waals surface area contributed by atoms with Gasteiger partial charge in [0.15, 0.2) is 11.9 Å². The Hall–Kier alpha value is -12.2. The number of benzene rings is 3. The van der Waals surface area contributed by atoms with Crippen molar-refractivity contribution in [1.82, 2.24) is 87.0 Å². The van der Waals surface area contributed by atoms with Gasteiger partial charge in [0.1, 0.15) is 34.9 Å². The molecule has 8 rings (SSSR count). The Bertz CT molecular complexity index is 4260. The fraction of sp³-hybridized carbons (Fsp3) is 0.300. The number of carboxylic acid groups (broad SMARTS) is 2. The molecular weight excluding hydrogens is 1290 g/mol. The second-order valence-corrected chi connectivity index (χ2v) is 22.8. The van der Waals surface area contributed by atoms with E-state index in [1.165, 1.54) is 55.5 Å². The highest BCUT2D eigenvalue weighted by atomic mass is 32.2. The SMILES string of the molecule is CCC(NC(=O)c1ccc(N/N=C/c2ccccc2S(=O)(=O)O)nc1)C(=O)NC(CCC(=O)NCC(=O)N[C@@H](CNC(=O)c1ccc2c(cnn2CCCNc2ncc[nH]2)c1)C(=O)O)C(=O)NCC(=O)N[C@@H](CNC(=O)c1ccc2c(cnn2CCCNc2ncc[nH]2)c1)C(=O)O. The average Bonchev–Trinajstić information content (AvgIpc) is 1.75. The molecule has 0 radical (unpaired) electrons. The zero-order chi connectivity index (χ0) is 69.4. The van der Waals surface area contributed by atoms with Crippen molar-refractivity contribution < 1.29 is 71.1 Å². The van der Waals surface area contributed by atoms with E-state index in [0.29, 0.717) is 61.7 Å². The molecule has 0 aliphatic carbocycles. The molecule has 5 heterocycles. The molecule has 37 heteroatoms. The van der Waals surface area contributed by atoms with E-state index in [0.717, 1.165) is 23.4 Å². The Balaban J connectivity index is 0.838. The Morgan fingerprint density at radius 3 is 1.64 bits per heavy atom. The van der Waals surface area contributed by atoms with E-state index in [2.05, 4.69) is 98.8 Å². The molecule has 4 atom stereocenters. The molecule has 2 unspecified atom stereocenters. The van der Waals surface area contributed by atoms with Crippen LogP contribution in [0.4, 0.5) is 17.7 Å². The third-order valence-electron chi connectivity index (χ3n) is 14.5. The van der Waals surface area contributed by atoms with Gasteiger partial charge in [-0.2, -0.15) is 23.7 Å². The number of aromatic amines is 2. The van der Waals surface area contributed by atoms with Crippen molar-refractivity contribution in [3.8, 4) is 0 Å². The number of anilines is 3. The lowest BCUT2D eigenvalue weighted by atomic mass is 10.1. The number of nitrogens with one attached hydrogen (secondary N) is 13. The van der Waals surface area contributed by atoms with Gasteiger partial charge in [0.2, 0.25) is 29.5 Å². The van der Waals surface area contributed by atoms with Crippen molar-refractivity contribution in [1.29, 1.82) is 0 Å². The Labute approximate surface area is 551 Å². The molecular formula is C60H69N21O15S. The van der Waals surface area contributed by atoms with Gasteiger partial charge in [-0.25, -0.2) is 24.5 Å². The molecule has 0 spiro atoms. The highest BCUT2D eigenvalue weighted by Crippen LogP contribution is 2.19. The summed E-state index contributed by atoms with van der Waals surface area (Å²) in [7, 11) is -4.56. The number of imidazole rings is 2. The number of carbonyl (C=O) groups is 10. The van der Waals surface area contributed by atoms with Gasteiger partial charge in [0.05, 0.1) is 48.3 Å². The third-order valence-corrected chi connectivity index (χ3v) is 15.4. The smallest absolute Gasteiger partial charge is 0.328 e. The molecule has 0 fully saturated rings. The van der Waals surface area contributed by atoms with E-state index in [1.807, 2.05) is 0 Å². The van der Waals surface area contributed by atoms with Crippen molar-refractivity contribution in [2.75, 3.05) is 55.3 Å². The minimum Gasteiger partial charge on any atom is -0.480 e. The van der Waals surface area contributed by atoms with Crippen LogP contribution in [0.1, 0.15) is 75.7 Å². The zero-order valence-corrected chi connectivity index (χ0v) is 52.6. The Morgan fingerprint density at radius 2 is 1.13 bits per heavy atom. The van der Waals surface area contributed by atoms with Crippen molar-refractivity contribution in [2.45, 2.75) is 81.2 Å². The highest BCUT2D eigenvalue weighted by Gasteiger charge is 2.29. The monoisotopic (exact) mass is 1360 g/mol. The molecule has 0 aliphatic heterocycles. The summed E-state index contributed by atoms with van der Waals surface area (Å²) < 4.78 is 36.6. The third kappa shape index (κ3) is 20.9. The number of carbonyl (C=O) groups excluding carboxylic acids is 8. The summed E-state index contributed by atoms with van der Waals surface area (Å²) >= 11 is 0. The first kappa shape index (κ1) is 70.7. The number of aromatic nitrogens is 9. The van der Waals surface area contributed by atoms with Gasteiger partial charge in [0, 0.05) is 104 Å². The summed E-state index contributed by atoms with van der Waals surface area (Å²) in [4.78, 5) is 149. The average molecular weight is 1360 g/mol. The lowest BCUT2D eigenvalue weighted by Gasteiger charge is -2.23. The van der Waals surface area contributed by atoms with Crippen LogP contribution in [0.3, 0.4) is 0 Å². The highest BCUT2D eigenvalue weighted by molar-refractivity contribution is 7.86. The summed E-state index contributed by atoms with van der Waals surface area (Å²) in [6.45, 7) is 1.03. The molecule has 0 saturated heterocycles. The molecule has 5 aromatic heterocycles.